The van der Waals surface area contributed by atoms with Gasteiger partial charge in [0.25, 0.3) is 5.91 Å². The SMILES string of the molecule is CCN(CC)C(CNC(=O)C(C)NC(=O)c1ccccc1)c1cccc(OC)c1. The molecule has 29 heavy (non-hydrogen) atoms. The van der Waals surface area contributed by atoms with Gasteiger partial charge in [-0.25, -0.2) is 0 Å². The lowest BCUT2D eigenvalue weighted by molar-refractivity contribution is -0.122. The van der Waals surface area contributed by atoms with Gasteiger partial charge in [-0.1, -0.05) is 44.2 Å². The van der Waals surface area contributed by atoms with Gasteiger partial charge in [0.1, 0.15) is 11.8 Å². The average Bonchev–Trinajstić information content (AvgIpc) is 2.76. The molecule has 6 heteroatoms. The number of nitrogens with one attached hydrogen (secondary N) is 2. The number of carbonyl (C=O) groups excluding carboxylic acids is 2. The molecule has 2 unspecified atom stereocenters. The zero-order valence-corrected chi connectivity index (χ0v) is 17.6. The van der Waals surface area contributed by atoms with Crippen molar-refractivity contribution < 1.29 is 14.3 Å². The van der Waals surface area contributed by atoms with Crippen molar-refractivity contribution in [2.75, 3.05) is 26.7 Å². The summed E-state index contributed by atoms with van der Waals surface area (Å²) in [6, 6.07) is 16.2. The summed E-state index contributed by atoms with van der Waals surface area (Å²) in [6.45, 7) is 8.04. The molecule has 0 aliphatic heterocycles. The van der Waals surface area contributed by atoms with E-state index in [-0.39, 0.29) is 17.9 Å². The van der Waals surface area contributed by atoms with E-state index >= 15 is 0 Å². The van der Waals surface area contributed by atoms with E-state index in [2.05, 4.69) is 29.4 Å². The van der Waals surface area contributed by atoms with Crippen LogP contribution in [-0.4, -0.2) is 49.5 Å². The van der Waals surface area contributed by atoms with Gasteiger partial charge in [0.05, 0.1) is 13.2 Å². The summed E-state index contributed by atoms with van der Waals surface area (Å²) in [6.07, 6.45) is 0. The molecular formula is C23H31N3O3. The molecule has 0 heterocycles. The summed E-state index contributed by atoms with van der Waals surface area (Å²) < 4.78 is 5.35. The lowest BCUT2D eigenvalue weighted by Crippen LogP contribution is -2.47. The Hall–Kier alpha value is -2.86. The standard InChI is InChI=1S/C23H31N3O3/c1-5-26(6-2)21(19-13-10-14-20(15-19)29-4)16-24-22(27)17(3)25-23(28)18-11-8-7-9-12-18/h7-15,17,21H,5-6,16H2,1-4H3,(H,24,27)(H,25,28). The number of benzene rings is 2. The van der Waals surface area contributed by atoms with Crippen molar-refractivity contribution in [2.24, 2.45) is 0 Å². The number of likely N-dealkylation sites (N-methyl/N-ethyl adjacent to an activating group) is 1. The Bertz CT molecular complexity index is 791. The second kappa shape index (κ2) is 11.2. The fourth-order valence-electron chi connectivity index (χ4n) is 3.26. The van der Waals surface area contributed by atoms with E-state index in [0.717, 1.165) is 24.4 Å². The first-order valence-electron chi connectivity index (χ1n) is 10.0. The highest BCUT2D eigenvalue weighted by Gasteiger charge is 2.22. The Morgan fingerprint density at radius 3 is 2.34 bits per heavy atom. The molecule has 0 bridgehead atoms. The molecule has 2 amide bonds. The first kappa shape index (κ1) is 22.4. The van der Waals surface area contributed by atoms with E-state index in [9.17, 15) is 9.59 Å². The van der Waals surface area contributed by atoms with Crippen LogP contribution in [0, 0.1) is 0 Å². The Kier molecular flexibility index (Phi) is 8.68. The third kappa shape index (κ3) is 6.32. The Morgan fingerprint density at radius 1 is 1.03 bits per heavy atom. The van der Waals surface area contributed by atoms with Gasteiger partial charge in [0, 0.05) is 12.1 Å². The summed E-state index contributed by atoms with van der Waals surface area (Å²) in [4.78, 5) is 27.2. The maximum atomic E-state index is 12.6. The van der Waals surface area contributed by atoms with Crippen LogP contribution in [0.5, 0.6) is 5.75 Å². The molecule has 0 aromatic heterocycles. The highest BCUT2D eigenvalue weighted by molar-refractivity contribution is 5.97. The first-order chi connectivity index (χ1) is 14.0. The Balaban J connectivity index is 2.03. The maximum Gasteiger partial charge on any atom is 0.251 e. The van der Waals surface area contributed by atoms with Crippen LogP contribution in [-0.2, 0) is 4.79 Å². The number of hydrogen-bond acceptors (Lipinski definition) is 4. The van der Waals surface area contributed by atoms with Crippen LogP contribution in [0.15, 0.2) is 54.6 Å². The minimum absolute atomic E-state index is 0.0149. The van der Waals surface area contributed by atoms with Crippen molar-refractivity contribution in [3.8, 4) is 5.75 Å². The van der Waals surface area contributed by atoms with Crippen molar-refractivity contribution in [3.63, 3.8) is 0 Å². The molecule has 6 nitrogen and oxygen atoms in total. The average molecular weight is 398 g/mol. The summed E-state index contributed by atoms with van der Waals surface area (Å²) >= 11 is 0. The molecule has 2 N–H and O–H groups in total. The highest BCUT2D eigenvalue weighted by Crippen LogP contribution is 2.23. The fourth-order valence-corrected chi connectivity index (χ4v) is 3.26. The molecule has 0 aliphatic carbocycles. The van der Waals surface area contributed by atoms with Crippen LogP contribution in [0.25, 0.3) is 0 Å². The Morgan fingerprint density at radius 2 is 1.72 bits per heavy atom. The molecule has 0 saturated carbocycles. The number of hydrogen-bond donors (Lipinski definition) is 2. The molecule has 0 fully saturated rings. The third-order valence-electron chi connectivity index (χ3n) is 4.98. The maximum absolute atomic E-state index is 12.6. The number of nitrogens with zero attached hydrogens (tertiary/aromatic N) is 1. The van der Waals surface area contributed by atoms with Gasteiger partial charge in [-0.05, 0) is 49.8 Å². The monoisotopic (exact) mass is 397 g/mol. The van der Waals surface area contributed by atoms with E-state index in [0.29, 0.717) is 12.1 Å². The predicted molar refractivity (Wildman–Crippen MR) is 115 cm³/mol. The van der Waals surface area contributed by atoms with Crippen LogP contribution in [0.4, 0.5) is 0 Å². The molecule has 0 aliphatic rings. The Labute approximate surface area is 173 Å². The molecule has 2 rings (SSSR count). The number of ether oxygens (including phenoxy) is 1. The van der Waals surface area contributed by atoms with E-state index in [1.165, 1.54) is 0 Å². The lowest BCUT2D eigenvalue weighted by atomic mass is 10.0. The van der Waals surface area contributed by atoms with Crippen LogP contribution in [0.2, 0.25) is 0 Å². The largest absolute Gasteiger partial charge is 0.497 e. The molecule has 2 atom stereocenters. The van der Waals surface area contributed by atoms with Crippen molar-refractivity contribution in [2.45, 2.75) is 32.9 Å². The first-order valence-corrected chi connectivity index (χ1v) is 10.0. The molecule has 0 saturated heterocycles. The summed E-state index contributed by atoms with van der Waals surface area (Å²) in [7, 11) is 1.64. The summed E-state index contributed by atoms with van der Waals surface area (Å²) in [5.41, 5.74) is 1.61. The van der Waals surface area contributed by atoms with Gasteiger partial charge in [0.15, 0.2) is 0 Å². The van der Waals surface area contributed by atoms with Crippen molar-refractivity contribution in [1.82, 2.24) is 15.5 Å². The second-order valence-corrected chi connectivity index (χ2v) is 6.82. The molecule has 2 aromatic carbocycles. The van der Waals surface area contributed by atoms with Gasteiger partial charge >= 0.3 is 0 Å². The van der Waals surface area contributed by atoms with E-state index in [1.54, 1.807) is 38.3 Å². The van der Waals surface area contributed by atoms with Crippen LogP contribution >= 0.6 is 0 Å². The van der Waals surface area contributed by atoms with Crippen molar-refractivity contribution in [3.05, 3.63) is 65.7 Å². The van der Waals surface area contributed by atoms with Gasteiger partial charge in [-0.2, -0.15) is 0 Å². The van der Waals surface area contributed by atoms with E-state index < -0.39 is 6.04 Å². The van der Waals surface area contributed by atoms with Gasteiger partial charge in [-0.15, -0.1) is 0 Å². The normalized spacial score (nSPS) is 12.9. The molecular weight excluding hydrogens is 366 g/mol. The van der Waals surface area contributed by atoms with Gasteiger partial charge in [0.2, 0.25) is 5.91 Å². The molecule has 2 aromatic rings. The van der Waals surface area contributed by atoms with Crippen molar-refractivity contribution >= 4 is 11.8 Å². The lowest BCUT2D eigenvalue weighted by Gasteiger charge is -2.31. The van der Waals surface area contributed by atoms with E-state index in [4.69, 9.17) is 4.74 Å². The number of rotatable bonds is 10. The van der Waals surface area contributed by atoms with Crippen LogP contribution in [0.1, 0.15) is 42.7 Å². The molecule has 156 valence electrons. The van der Waals surface area contributed by atoms with Gasteiger partial charge < -0.3 is 15.4 Å². The number of amides is 2. The zero-order chi connectivity index (χ0) is 21.2. The van der Waals surface area contributed by atoms with Crippen LogP contribution in [0.3, 0.4) is 0 Å². The fraction of sp³-hybridized carbons (Fsp3) is 0.391. The quantitative estimate of drug-likeness (QED) is 0.647. The topological polar surface area (TPSA) is 70.7 Å². The van der Waals surface area contributed by atoms with Crippen LogP contribution < -0.4 is 15.4 Å². The third-order valence-corrected chi connectivity index (χ3v) is 4.98. The summed E-state index contributed by atoms with van der Waals surface area (Å²) in [5, 5.41) is 5.74. The number of carbonyl (C=O) groups is 2. The molecule has 0 radical (unpaired) electrons. The zero-order valence-electron chi connectivity index (χ0n) is 17.6. The minimum atomic E-state index is -0.634. The van der Waals surface area contributed by atoms with E-state index in [1.807, 2.05) is 30.3 Å². The minimum Gasteiger partial charge on any atom is -0.497 e. The highest BCUT2D eigenvalue weighted by atomic mass is 16.5. The van der Waals surface area contributed by atoms with Crippen molar-refractivity contribution in [1.29, 1.82) is 0 Å². The number of methoxy groups -OCH3 is 1. The van der Waals surface area contributed by atoms with Gasteiger partial charge in [-0.3, -0.25) is 14.5 Å². The second-order valence-electron chi connectivity index (χ2n) is 6.82. The summed E-state index contributed by atoms with van der Waals surface area (Å²) in [5.74, 6) is 0.310. The predicted octanol–water partition coefficient (Wildman–Crippen LogP) is 3.01. The smallest absolute Gasteiger partial charge is 0.251 e. The molecule has 0 spiro atoms.